The van der Waals surface area contributed by atoms with Crippen molar-refractivity contribution in [2.24, 2.45) is 0 Å². The minimum absolute atomic E-state index is 0.973. The molecule has 0 unspecified atom stereocenters. The van der Waals surface area contributed by atoms with Gasteiger partial charge in [0.1, 0.15) is 11.2 Å². The summed E-state index contributed by atoms with van der Waals surface area (Å²) < 4.78 is 9.15. The molecule has 0 fully saturated rings. The van der Waals surface area contributed by atoms with E-state index in [0.29, 0.717) is 0 Å². The van der Waals surface area contributed by atoms with Crippen LogP contribution < -0.4 is 0 Å². The first-order valence-corrected chi connectivity index (χ1v) is 11.4. The quantitative estimate of drug-likeness (QED) is 0.261. The SMILES string of the molecule is c1ccc(-n2c3ccccc3c3c4oc5c6c(ccc5c4ccc32)Cc2ccccc2-6)cc1. The topological polar surface area (TPSA) is 18.1 Å². The fourth-order valence-electron chi connectivity index (χ4n) is 5.81. The van der Waals surface area contributed by atoms with Crippen LogP contribution in [0.5, 0.6) is 0 Å². The number of furan rings is 1. The van der Waals surface area contributed by atoms with Gasteiger partial charge in [-0.1, -0.05) is 72.8 Å². The predicted molar refractivity (Wildman–Crippen MR) is 136 cm³/mol. The summed E-state index contributed by atoms with van der Waals surface area (Å²) in [6.07, 6.45) is 0.973. The molecule has 2 heterocycles. The molecule has 33 heavy (non-hydrogen) atoms. The predicted octanol–water partition coefficient (Wildman–Crippen LogP) is 8.25. The van der Waals surface area contributed by atoms with Crippen molar-refractivity contribution in [3.05, 3.63) is 114 Å². The van der Waals surface area contributed by atoms with Gasteiger partial charge in [-0.2, -0.15) is 0 Å². The van der Waals surface area contributed by atoms with Crippen molar-refractivity contribution in [3.63, 3.8) is 0 Å². The lowest BCUT2D eigenvalue weighted by molar-refractivity contribution is 0.674. The highest BCUT2D eigenvalue weighted by molar-refractivity contribution is 6.25. The van der Waals surface area contributed by atoms with Gasteiger partial charge in [0.05, 0.1) is 16.4 Å². The molecule has 5 aromatic carbocycles. The molecule has 2 aromatic heterocycles. The number of nitrogens with zero attached hydrogens (tertiary/aromatic N) is 1. The smallest absolute Gasteiger partial charge is 0.145 e. The molecule has 0 aliphatic heterocycles. The summed E-state index contributed by atoms with van der Waals surface area (Å²) in [5.41, 5.74) is 10.8. The third-order valence-electron chi connectivity index (χ3n) is 7.21. The first kappa shape index (κ1) is 17.3. The molecule has 0 spiro atoms. The van der Waals surface area contributed by atoms with Gasteiger partial charge in [-0.3, -0.25) is 0 Å². The van der Waals surface area contributed by atoms with E-state index >= 15 is 0 Å². The second kappa shape index (κ2) is 6.14. The molecular weight excluding hydrogens is 402 g/mol. The van der Waals surface area contributed by atoms with Gasteiger partial charge in [-0.05, 0) is 53.4 Å². The summed E-state index contributed by atoms with van der Waals surface area (Å²) >= 11 is 0. The van der Waals surface area contributed by atoms with Gasteiger partial charge in [-0.15, -0.1) is 0 Å². The van der Waals surface area contributed by atoms with Crippen LogP contribution in [0.4, 0.5) is 0 Å². The Morgan fingerprint density at radius 2 is 1.30 bits per heavy atom. The van der Waals surface area contributed by atoms with Crippen LogP contribution >= 0.6 is 0 Å². The molecule has 0 amide bonds. The van der Waals surface area contributed by atoms with Gasteiger partial charge >= 0.3 is 0 Å². The summed E-state index contributed by atoms with van der Waals surface area (Å²) in [5.74, 6) is 0. The molecule has 0 saturated carbocycles. The van der Waals surface area contributed by atoms with Crippen LogP contribution in [0, 0.1) is 0 Å². The maximum Gasteiger partial charge on any atom is 0.145 e. The van der Waals surface area contributed by atoms with Crippen LogP contribution in [-0.4, -0.2) is 4.57 Å². The van der Waals surface area contributed by atoms with Crippen molar-refractivity contribution >= 4 is 43.7 Å². The van der Waals surface area contributed by atoms with Crippen LogP contribution in [0.1, 0.15) is 11.1 Å². The number of aromatic nitrogens is 1. The molecule has 0 radical (unpaired) electrons. The van der Waals surface area contributed by atoms with Gasteiger partial charge < -0.3 is 8.98 Å². The molecule has 0 atom stereocenters. The highest BCUT2D eigenvalue weighted by Crippen LogP contribution is 2.46. The van der Waals surface area contributed by atoms with Crippen molar-refractivity contribution in [3.8, 4) is 16.8 Å². The van der Waals surface area contributed by atoms with E-state index in [4.69, 9.17) is 4.42 Å². The van der Waals surface area contributed by atoms with Crippen molar-refractivity contribution in [1.82, 2.24) is 4.57 Å². The molecule has 1 aliphatic carbocycles. The molecule has 2 heteroatoms. The van der Waals surface area contributed by atoms with Crippen molar-refractivity contribution < 1.29 is 4.42 Å². The minimum Gasteiger partial charge on any atom is -0.455 e. The zero-order valence-corrected chi connectivity index (χ0v) is 17.9. The second-order valence-electron chi connectivity index (χ2n) is 8.94. The van der Waals surface area contributed by atoms with Crippen LogP contribution in [0.15, 0.2) is 108 Å². The van der Waals surface area contributed by atoms with Crippen LogP contribution in [-0.2, 0) is 6.42 Å². The molecule has 0 bridgehead atoms. The van der Waals surface area contributed by atoms with E-state index < -0.39 is 0 Å². The van der Waals surface area contributed by atoms with Crippen molar-refractivity contribution in [2.75, 3.05) is 0 Å². The molecular formula is C31H19NO. The number of fused-ring (bicyclic) bond motifs is 11. The van der Waals surface area contributed by atoms with Gasteiger partial charge in [0.25, 0.3) is 0 Å². The first-order valence-electron chi connectivity index (χ1n) is 11.4. The zero-order valence-electron chi connectivity index (χ0n) is 17.9. The fraction of sp³-hybridized carbons (Fsp3) is 0.0323. The van der Waals surface area contributed by atoms with Crippen LogP contribution in [0.2, 0.25) is 0 Å². The third-order valence-corrected chi connectivity index (χ3v) is 7.21. The highest BCUT2D eigenvalue weighted by Gasteiger charge is 2.25. The number of rotatable bonds is 1. The standard InChI is InChI=1S/C31H19NO/c1-2-9-21(10-3-1)32-26-13-7-6-12-25(26)29-27(32)17-16-24-23-15-14-20-18-19-8-4-5-11-22(19)28(20)30(23)33-31(24)29/h1-17H,18H2. The average Bonchev–Trinajstić information content (AvgIpc) is 3.53. The number of para-hydroxylation sites is 2. The Kier molecular flexibility index (Phi) is 3.22. The van der Waals surface area contributed by atoms with Crippen LogP contribution in [0.3, 0.4) is 0 Å². The van der Waals surface area contributed by atoms with Crippen LogP contribution in [0.25, 0.3) is 60.6 Å². The average molecular weight is 421 g/mol. The Labute approximate surface area is 190 Å². The van der Waals surface area contributed by atoms with E-state index in [1.165, 1.54) is 54.8 Å². The number of benzene rings is 5. The molecule has 8 rings (SSSR count). The Balaban J connectivity index is 1.56. The Morgan fingerprint density at radius 1 is 0.545 bits per heavy atom. The van der Waals surface area contributed by atoms with E-state index in [1.807, 2.05) is 0 Å². The number of hydrogen-bond donors (Lipinski definition) is 0. The first-order chi connectivity index (χ1) is 16.4. The largest absolute Gasteiger partial charge is 0.455 e. The summed E-state index contributed by atoms with van der Waals surface area (Å²) in [4.78, 5) is 0. The van der Waals surface area contributed by atoms with Gasteiger partial charge in [-0.25, -0.2) is 0 Å². The summed E-state index contributed by atoms with van der Waals surface area (Å²) in [5, 5.41) is 4.78. The highest BCUT2D eigenvalue weighted by atomic mass is 16.3. The van der Waals surface area contributed by atoms with E-state index in [-0.39, 0.29) is 0 Å². The molecule has 2 nitrogen and oxygen atoms in total. The monoisotopic (exact) mass is 421 g/mol. The number of hydrogen-bond acceptors (Lipinski definition) is 1. The molecule has 0 N–H and O–H groups in total. The lowest BCUT2D eigenvalue weighted by Gasteiger charge is -2.07. The fourth-order valence-corrected chi connectivity index (χ4v) is 5.81. The van der Waals surface area contributed by atoms with E-state index in [2.05, 4.69) is 108 Å². The third kappa shape index (κ3) is 2.18. The van der Waals surface area contributed by atoms with Gasteiger partial charge in [0.2, 0.25) is 0 Å². The van der Waals surface area contributed by atoms with Crippen molar-refractivity contribution in [1.29, 1.82) is 0 Å². The second-order valence-corrected chi connectivity index (χ2v) is 8.94. The molecule has 1 aliphatic rings. The zero-order chi connectivity index (χ0) is 21.5. The summed E-state index contributed by atoms with van der Waals surface area (Å²) in [6.45, 7) is 0. The summed E-state index contributed by atoms with van der Waals surface area (Å²) in [7, 11) is 0. The Bertz CT molecular complexity index is 1890. The molecule has 154 valence electrons. The maximum absolute atomic E-state index is 6.81. The van der Waals surface area contributed by atoms with E-state index in [1.54, 1.807) is 0 Å². The van der Waals surface area contributed by atoms with E-state index in [9.17, 15) is 0 Å². The maximum atomic E-state index is 6.81. The lowest BCUT2D eigenvalue weighted by Crippen LogP contribution is -1.92. The Hall–Kier alpha value is -4.30. The lowest BCUT2D eigenvalue weighted by atomic mass is 10.0. The Morgan fingerprint density at radius 3 is 2.24 bits per heavy atom. The summed E-state index contributed by atoms with van der Waals surface area (Å²) in [6, 6.07) is 36.9. The van der Waals surface area contributed by atoms with E-state index in [0.717, 1.165) is 23.3 Å². The molecule has 0 saturated heterocycles. The molecule has 7 aromatic rings. The minimum atomic E-state index is 0.973. The van der Waals surface area contributed by atoms with Gasteiger partial charge in [0.15, 0.2) is 0 Å². The van der Waals surface area contributed by atoms with Crippen molar-refractivity contribution in [2.45, 2.75) is 6.42 Å². The normalized spacial score (nSPS) is 12.7. The van der Waals surface area contributed by atoms with Gasteiger partial charge in [0, 0.05) is 27.4 Å².